The van der Waals surface area contributed by atoms with E-state index in [0.717, 1.165) is 30.2 Å². The van der Waals surface area contributed by atoms with Crippen LogP contribution in [-0.2, 0) is 11.3 Å². The van der Waals surface area contributed by atoms with E-state index >= 15 is 0 Å². The van der Waals surface area contributed by atoms with Gasteiger partial charge in [-0.25, -0.2) is 9.97 Å². The number of hydrogen-bond acceptors (Lipinski definition) is 6. The van der Waals surface area contributed by atoms with E-state index < -0.39 is 0 Å². The number of nitrogens with one attached hydrogen (secondary N) is 1. The summed E-state index contributed by atoms with van der Waals surface area (Å²) >= 11 is 0. The summed E-state index contributed by atoms with van der Waals surface area (Å²) in [5, 5.41) is 2.83. The fourth-order valence-corrected chi connectivity index (χ4v) is 2.86. The van der Waals surface area contributed by atoms with Crippen LogP contribution in [0, 0.1) is 6.92 Å². The van der Waals surface area contributed by atoms with Crippen LogP contribution in [0.4, 0.5) is 5.82 Å². The number of ether oxygens (including phenoxy) is 1. The van der Waals surface area contributed by atoms with Crippen molar-refractivity contribution >= 4 is 11.7 Å². The maximum atomic E-state index is 12.1. The van der Waals surface area contributed by atoms with Crippen LogP contribution in [0.5, 0.6) is 0 Å². The molecule has 1 aliphatic rings. The summed E-state index contributed by atoms with van der Waals surface area (Å²) in [5.74, 6) is 0.689. The van der Waals surface area contributed by atoms with Crippen LogP contribution in [0.2, 0.25) is 0 Å². The Morgan fingerprint density at radius 1 is 1.16 bits per heavy atom. The van der Waals surface area contributed by atoms with Crippen molar-refractivity contribution in [2.45, 2.75) is 39.5 Å². The molecule has 2 unspecified atom stereocenters. The van der Waals surface area contributed by atoms with Crippen molar-refractivity contribution in [3.05, 3.63) is 47.7 Å². The maximum Gasteiger partial charge on any atom is 0.271 e. The van der Waals surface area contributed by atoms with Crippen molar-refractivity contribution in [3.8, 4) is 0 Å². The largest absolute Gasteiger partial charge is 0.372 e. The Morgan fingerprint density at radius 3 is 2.52 bits per heavy atom. The molecule has 0 radical (unpaired) electrons. The number of rotatable bonds is 4. The zero-order valence-electron chi connectivity index (χ0n) is 14.8. The molecule has 7 heteroatoms. The normalized spacial score (nSPS) is 20.4. The molecular weight excluding hydrogens is 318 g/mol. The molecule has 1 N–H and O–H groups in total. The van der Waals surface area contributed by atoms with E-state index in [1.165, 1.54) is 6.20 Å². The summed E-state index contributed by atoms with van der Waals surface area (Å²) in [6.07, 6.45) is 5.24. The maximum absolute atomic E-state index is 12.1. The fraction of sp³-hybridized carbons (Fsp3) is 0.444. The van der Waals surface area contributed by atoms with Crippen LogP contribution in [0.15, 0.2) is 30.7 Å². The van der Waals surface area contributed by atoms with Crippen molar-refractivity contribution in [1.29, 1.82) is 0 Å². The highest BCUT2D eigenvalue weighted by atomic mass is 16.5. The van der Waals surface area contributed by atoms with E-state index in [0.29, 0.717) is 12.2 Å². The summed E-state index contributed by atoms with van der Waals surface area (Å²) in [7, 11) is 0. The third-order valence-corrected chi connectivity index (χ3v) is 4.02. The molecule has 2 aromatic heterocycles. The lowest BCUT2D eigenvalue weighted by atomic mass is 10.2. The van der Waals surface area contributed by atoms with Crippen molar-refractivity contribution < 1.29 is 9.53 Å². The zero-order valence-corrected chi connectivity index (χ0v) is 14.8. The molecule has 0 bridgehead atoms. The SMILES string of the molecule is Cc1cnc(C(=O)NCc2ccc(N3CC(C)OC(C)C3)nc2)cn1. The summed E-state index contributed by atoms with van der Waals surface area (Å²) in [4.78, 5) is 27.0. The van der Waals surface area contributed by atoms with E-state index in [-0.39, 0.29) is 18.1 Å². The number of amides is 1. The Bertz CT molecular complexity index is 707. The molecule has 1 aliphatic heterocycles. The standard InChI is InChI=1S/C18H23N5O2/c1-12-6-20-16(9-19-12)18(24)22-8-15-4-5-17(21-7-15)23-10-13(2)25-14(3)11-23/h4-7,9,13-14H,8,10-11H2,1-3H3,(H,22,24). The van der Waals surface area contributed by atoms with Gasteiger partial charge < -0.3 is 15.0 Å². The molecule has 0 saturated carbocycles. The second kappa shape index (κ2) is 7.57. The highest BCUT2D eigenvalue weighted by Gasteiger charge is 2.22. The fourth-order valence-electron chi connectivity index (χ4n) is 2.86. The summed E-state index contributed by atoms with van der Waals surface area (Å²) < 4.78 is 5.75. The molecule has 2 aromatic rings. The Labute approximate surface area is 147 Å². The van der Waals surface area contributed by atoms with E-state index in [1.807, 2.05) is 19.1 Å². The Balaban J connectivity index is 1.57. The van der Waals surface area contributed by atoms with E-state index in [9.17, 15) is 4.79 Å². The van der Waals surface area contributed by atoms with Gasteiger partial charge in [-0.3, -0.25) is 9.78 Å². The van der Waals surface area contributed by atoms with Crippen LogP contribution >= 0.6 is 0 Å². The second-order valence-corrected chi connectivity index (χ2v) is 6.41. The minimum atomic E-state index is -0.243. The molecule has 0 spiro atoms. The summed E-state index contributed by atoms with van der Waals surface area (Å²) in [6.45, 7) is 8.04. The Hall–Kier alpha value is -2.54. The van der Waals surface area contributed by atoms with Gasteiger partial charge in [0.15, 0.2) is 0 Å². The number of morpholine rings is 1. The van der Waals surface area contributed by atoms with Crippen molar-refractivity contribution in [2.75, 3.05) is 18.0 Å². The predicted molar refractivity (Wildman–Crippen MR) is 94.4 cm³/mol. The molecule has 7 nitrogen and oxygen atoms in total. The number of pyridine rings is 1. The lowest BCUT2D eigenvalue weighted by molar-refractivity contribution is -0.00546. The minimum absolute atomic E-state index is 0.195. The molecule has 3 heterocycles. The first-order valence-electron chi connectivity index (χ1n) is 8.43. The number of nitrogens with zero attached hydrogens (tertiary/aromatic N) is 4. The molecular formula is C18H23N5O2. The molecule has 1 fully saturated rings. The molecule has 0 aliphatic carbocycles. The van der Waals surface area contributed by atoms with Gasteiger partial charge in [-0.15, -0.1) is 0 Å². The highest BCUT2D eigenvalue weighted by Crippen LogP contribution is 2.18. The van der Waals surface area contributed by atoms with Crippen LogP contribution in [0.25, 0.3) is 0 Å². The monoisotopic (exact) mass is 341 g/mol. The van der Waals surface area contributed by atoms with Gasteiger partial charge in [0, 0.05) is 32.0 Å². The number of carbonyl (C=O) groups excluding carboxylic acids is 1. The van der Waals surface area contributed by atoms with Gasteiger partial charge in [0.25, 0.3) is 5.91 Å². The Kier molecular flexibility index (Phi) is 5.23. The van der Waals surface area contributed by atoms with Gasteiger partial charge >= 0.3 is 0 Å². The van der Waals surface area contributed by atoms with Gasteiger partial charge in [0.2, 0.25) is 0 Å². The number of hydrogen-bond donors (Lipinski definition) is 1. The van der Waals surface area contributed by atoms with Gasteiger partial charge in [0.05, 0.1) is 24.1 Å². The van der Waals surface area contributed by atoms with Gasteiger partial charge in [0.1, 0.15) is 11.5 Å². The summed E-state index contributed by atoms with van der Waals surface area (Å²) in [6, 6.07) is 3.96. The zero-order chi connectivity index (χ0) is 17.8. The van der Waals surface area contributed by atoms with Gasteiger partial charge in [-0.1, -0.05) is 6.07 Å². The van der Waals surface area contributed by atoms with Crippen LogP contribution in [0.1, 0.15) is 35.6 Å². The highest BCUT2D eigenvalue weighted by molar-refractivity contribution is 5.91. The van der Waals surface area contributed by atoms with E-state index in [1.54, 1.807) is 12.4 Å². The average molecular weight is 341 g/mol. The van der Waals surface area contributed by atoms with E-state index in [2.05, 4.69) is 39.0 Å². The smallest absolute Gasteiger partial charge is 0.271 e. The Morgan fingerprint density at radius 2 is 1.92 bits per heavy atom. The van der Waals surface area contributed by atoms with Crippen molar-refractivity contribution in [3.63, 3.8) is 0 Å². The number of carbonyl (C=O) groups is 1. The third-order valence-electron chi connectivity index (χ3n) is 4.02. The minimum Gasteiger partial charge on any atom is -0.372 e. The van der Waals surface area contributed by atoms with Gasteiger partial charge in [-0.05, 0) is 32.4 Å². The number of anilines is 1. The molecule has 25 heavy (non-hydrogen) atoms. The van der Waals surface area contributed by atoms with Crippen molar-refractivity contribution in [2.24, 2.45) is 0 Å². The topological polar surface area (TPSA) is 80.2 Å². The third kappa shape index (κ3) is 4.51. The molecule has 3 rings (SSSR count). The summed E-state index contributed by atoms with van der Waals surface area (Å²) in [5.41, 5.74) is 2.03. The van der Waals surface area contributed by atoms with Gasteiger partial charge in [-0.2, -0.15) is 0 Å². The second-order valence-electron chi connectivity index (χ2n) is 6.41. The molecule has 132 valence electrons. The lowest BCUT2D eigenvalue weighted by Gasteiger charge is -2.36. The van der Waals surface area contributed by atoms with E-state index in [4.69, 9.17) is 4.74 Å². The molecule has 1 amide bonds. The van der Waals surface area contributed by atoms with Crippen LogP contribution < -0.4 is 10.2 Å². The quantitative estimate of drug-likeness (QED) is 0.912. The first kappa shape index (κ1) is 17.3. The molecule has 2 atom stereocenters. The van der Waals surface area contributed by atoms with Crippen LogP contribution in [0.3, 0.4) is 0 Å². The lowest BCUT2D eigenvalue weighted by Crippen LogP contribution is -2.45. The molecule has 0 aromatic carbocycles. The predicted octanol–water partition coefficient (Wildman–Crippen LogP) is 1.72. The first-order chi connectivity index (χ1) is 12.0. The number of aryl methyl sites for hydroxylation is 1. The van der Waals surface area contributed by atoms with Crippen molar-refractivity contribution in [1.82, 2.24) is 20.3 Å². The average Bonchev–Trinajstić information content (AvgIpc) is 2.60. The number of aromatic nitrogens is 3. The molecule has 1 saturated heterocycles. The van der Waals surface area contributed by atoms with Crippen LogP contribution in [-0.4, -0.2) is 46.2 Å². The first-order valence-corrected chi connectivity index (χ1v) is 8.43.